The summed E-state index contributed by atoms with van der Waals surface area (Å²) in [6, 6.07) is 1.87. The molecule has 0 aliphatic carbocycles. The summed E-state index contributed by atoms with van der Waals surface area (Å²) in [6.45, 7) is -1.44. The molecule has 0 amide bonds. The van der Waals surface area contributed by atoms with Crippen LogP contribution in [0.15, 0.2) is 18.2 Å². The molecule has 0 bridgehead atoms. The number of hydrogen-bond donors (Lipinski definition) is 2. The van der Waals surface area contributed by atoms with Crippen LogP contribution >= 0.6 is 12.4 Å². The third-order valence-corrected chi connectivity index (χ3v) is 2.21. The summed E-state index contributed by atoms with van der Waals surface area (Å²) in [7, 11) is 1.22. The Bertz CT molecular complexity index is 377. The third kappa shape index (κ3) is 3.24. The second-order valence-corrected chi connectivity index (χ2v) is 3.26. The van der Waals surface area contributed by atoms with E-state index in [1.165, 1.54) is 19.2 Å². The average molecular weight is 272 g/mol. The lowest BCUT2D eigenvalue weighted by molar-refractivity contribution is -0.0719. The van der Waals surface area contributed by atoms with E-state index in [-0.39, 0.29) is 18.2 Å². The molecule has 17 heavy (non-hydrogen) atoms. The number of alkyl halides is 2. The number of ether oxygens (including phenoxy) is 1. The summed E-state index contributed by atoms with van der Waals surface area (Å²) in [5.41, 5.74) is 4.81. The number of halogens is 4. The largest absolute Gasteiger partial charge is 0.494 e. The molecule has 0 aromatic heterocycles. The molecule has 0 aliphatic rings. The summed E-state index contributed by atoms with van der Waals surface area (Å²) in [4.78, 5) is 0. The van der Waals surface area contributed by atoms with Crippen molar-refractivity contribution in [2.45, 2.75) is 12.0 Å². The lowest BCUT2D eigenvalue weighted by Gasteiger charge is -2.22. The summed E-state index contributed by atoms with van der Waals surface area (Å²) >= 11 is 0. The van der Waals surface area contributed by atoms with Crippen LogP contribution in [0.4, 0.5) is 13.2 Å². The van der Waals surface area contributed by atoms with Gasteiger partial charge >= 0.3 is 0 Å². The summed E-state index contributed by atoms with van der Waals surface area (Å²) in [5.74, 6) is -4.68. The Labute approximate surface area is 103 Å². The summed E-state index contributed by atoms with van der Waals surface area (Å²) in [5, 5.41) is 8.46. The van der Waals surface area contributed by atoms with Gasteiger partial charge in [-0.1, -0.05) is 12.1 Å². The van der Waals surface area contributed by atoms with Crippen molar-refractivity contribution in [1.82, 2.24) is 0 Å². The second-order valence-electron chi connectivity index (χ2n) is 3.26. The molecule has 1 aromatic carbocycles. The van der Waals surface area contributed by atoms with Crippen molar-refractivity contribution >= 4 is 12.4 Å². The molecular formula is C10H13ClF3NO2. The average Bonchev–Trinajstić information content (AvgIpc) is 2.28. The second kappa shape index (κ2) is 6.09. The van der Waals surface area contributed by atoms with Gasteiger partial charge < -0.3 is 15.6 Å². The first-order chi connectivity index (χ1) is 7.44. The molecule has 0 spiro atoms. The van der Waals surface area contributed by atoms with Crippen molar-refractivity contribution in [3.8, 4) is 5.75 Å². The fourth-order valence-corrected chi connectivity index (χ4v) is 1.25. The Hall–Kier alpha value is -0.980. The van der Waals surface area contributed by atoms with Crippen LogP contribution in [0.2, 0.25) is 0 Å². The van der Waals surface area contributed by atoms with Crippen LogP contribution in [0.3, 0.4) is 0 Å². The fourth-order valence-electron chi connectivity index (χ4n) is 1.25. The highest BCUT2D eigenvalue weighted by Gasteiger charge is 2.39. The quantitative estimate of drug-likeness (QED) is 0.879. The molecule has 1 rings (SSSR count). The van der Waals surface area contributed by atoms with E-state index in [0.29, 0.717) is 0 Å². The smallest absolute Gasteiger partial charge is 0.289 e. The molecule has 3 nitrogen and oxygen atoms in total. The minimum absolute atomic E-state index is 0. The van der Waals surface area contributed by atoms with E-state index < -0.39 is 30.0 Å². The topological polar surface area (TPSA) is 55.5 Å². The predicted molar refractivity (Wildman–Crippen MR) is 59.2 cm³/mol. The summed E-state index contributed by atoms with van der Waals surface area (Å²) in [6.07, 6.45) is 0. The zero-order valence-electron chi connectivity index (χ0n) is 8.99. The number of benzene rings is 1. The first-order valence-electron chi connectivity index (χ1n) is 4.50. The Morgan fingerprint density at radius 1 is 1.47 bits per heavy atom. The molecule has 0 unspecified atom stereocenters. The van der Waals surface area contributed by atoms with Crippen LogP contribution in [0.25, 0.3) is 0 Å². The SMILES string of the molecule is COc1cccc([C@H](N)C(F)(F)CO)c1F.Cl. The van der Waals surface area contributed by atoms with Gasteiger partial charge in [0.15, 0.2) is 11.6 Å². The standard InChI is InChI=1S/C10H12F3NO2.ClH/c1-16-7-4-2-3-6(8(7)11)9(14)10(12,13)5-15;/h2-4,9,15H,5,14H2,1H3;1H/t9-;/m0./s1. The van der Waals surface area contributed by atoms with Gasteiger partial charge in [0.2, 0.25) is 0 Å². The van der Waals surface area contributed by atoms with Crippen LogP contribution in [-0.2, 0) is 0 Å². The highest BCUT2D eigenvalue weighted by molar-refractivity contribution is 5.85. The normalized spacial score (nSPS) is 12.8. The van der Waals surface area contributed by atoms with Crippen molar-refractivity contribution in [3.05, 3.63) is 29.6 Å². The maximum absolute atomic E-state index is 13.6. The maximum Gasteiger partial charge on any atom is 0.289 e. The van der Waals surface area contributed by atoms with Crippen molar-refractivity contribution in [1.29, 1.82) is 0 Å². The summed E-state index contributed by atoms with van der Waals surface area (Å²) < 4.78 is 44.3. The Balaban J connectivity index is 0.00000256. The fraction of sp³-hybridized carbons (Fsp3) is 0.400. The van der Waals surface area contributed by atoms with Gasteiger partial charge in [0.05, 0.1) is 13.2 Å². The lowest BCUT2D eigenvalue weighted by atomic mass is 10.0. The van der Waals surface area contributed by atoms with Crippen molar-refractivity contribution in [3.63, 3.8) is 0 Å². The Morgan fingerprint density at radius 3 is 2.53 bits per heavy atom. The van der Waals surface area contributed by atoms with Gasteiger partial charge in [-0.3, -0.25) is 0 Å². The lowest BCUT2D eigenvalue weighted by Crippen LogP contribution is -2.36. The zero-order chi connectivity index (χ0) is 12.3. The van der Waals surface area contributed by atoms with E-state index in [1.54, 1.807) is 0 Å². The number of aliphatic hydroxyl groups is 1. The van der Waals surface area contributed by atoms with Crippen molar-refractivity contribution in [2.24, 2.45) is 5.73 Å². The van der Waals surface area contributed by atoms with E-state index in [9.17, 15) is 13.2 Å². The van der Waals surface area contributed by atoms with Crippen LogP contribution in [0.5, 0.6) is 5.75 Å². The van der Waals surface area contributed by atoms with Crippen molar-refractivity contribution < 1.29 is 23.0 Å². The molecule has 3 N–H and O–H groups in total. The van der Waals surface area contributed by atoms with Gasteiger partial charge in [-0.2, -0.15) is 0 Å². The van der Waals surface area contributed by atoms with Gasteiger partial charge in [-0.05, 0) is 6.07 Å². The number of aliphatic hydroxyl groups excluding tert-OH is 1. The maximum atomic E-state index is 13.6. The third-order valence-electron chi connectivity index (χ3n) is 2.21. The molecule has 0 heterocycles. The molecule has 0 radical (unpaired) electrons. The van der Waals surface area contributed by atoms with E-state index in [4.69, 9.17) is 10.8 Å². The minimum atomic E-state index is -3.58. The number of methoxy groups -OCH3 is 1. The molecule has 1 aromatic rings. The Kier molecular flexibility index (Phi) is 5.74. The Morgan fingerprint density at radius 2 is 2.06 bits per heavy atom. The molecule has 1 atom stereocenters. The highest BCUT2D eigenvalue weighted by atomic mass is 35.5. The molecule has 0 saturated carbocycles. The molecule has 7 heteroatoms. The van der Waals surface area contributed by atoms with Crippen LogP contribution in [-0.4, -0.2) is 24.7 Å². The first-order valence-corrected chi connectivity index (χ1v) is 4.50. The van der Waals surface area contributed by atoms with Crippen LogP contribution in [0, 0.1) is 5.82 Å². The van der Waals surface area contributed by atoms with Gasteiger partial charge in [-0.15, -0.1) is 12.4 Å². The number of rotatable bonds is 4. The molecule has 98 valence electrons. The molecule has 0 fully saturated rings. The first kappa shape index (κ1) is 16.0. The molecule has 0 saturated heterocycles. The van der Waals surface area contributed by atoms with E-state index in [0.717, 1.165) is 6.07 Å². The van der Waals surface area contributed by atoms with Gasteiger partial charge in [0, 0.05) is 5.56 Å². The van der Waals surface area contributed by atoms with Crippen LogP contribution < -0.4 is 10.5 Å². The highest BCUT2D eigenvalue weighted by Crippen LogP contribution is 2.32. The molecule has 0 aliphatic heterocycles. The van der Waals surface area contributed by atoms with Crippen molar-refractivity contribution in [2.75, 3.05) is 13.7 Å². The van der Waals surface area contributed by atoms with Gasteiger partial charge in [-0.25, -0.2) is 13.2 Å². The molecular weight excluding hydrogens is 259 g/mol. The number of hydrogen-bond acceptors (Lipinski definition) is 3. The zero-order valence-corrected chi connectivity index (χ0v) is 9.81. The van der Waals surface area contributed by atoms with E-state index in [1.807, 2.05) is 0 Å². The van der Waals surface area contributed by atoms with E-state index >= 15 is 0 Å². The number of nitrogens with two attached hydrogens (primary N) is 1. The van der Waals surface area contributed by atoms with E-state index in [2.05, 4.69) is 4.74 Å². The van der Waals surface area contributed by atoms with Crippen LogP contribution in [0.1, 0.15) is 11.6 Å². The predicted octanol–water partition coefficient (Wildman–Crippen LogP) is 1.88. The minimum Gasteiger partial charge on any atom is -0.494 e. The van der Waals surface area contributed by atoms with Gasteiger partial charge in [0.1, 0.15) is 6.61 Å². The monoisotopic (exact) mass is 271 g/mol. The van der Waals surface area contributed by atoms with Gasteiger partial charge in [0.25, 0.3) is 5.92 Å².